The SMILES string of the molecule is O=C(O)NCCO[C@@H](c1cccc(Cl)c1)c1cccc(C(O)O)c1. The maximum absolute atomic E-state index is 10.5. The first-order chi connectivity index (χ1) is 11.5. The van der Waals surface area contributed by atoms with E-state index in [1.807, 2.05) is 6.07 Å². The highest BCUT2D eigenvalue weighted by atomic mass is 35.5. The van der Waals surface area contributed by atoms with Crippen molar-refractivity contribution >= 4 is 17.7 Å². The molecule has 0 aliphatic heterocycles. The largest absolute Gasteiger partial charge is 0.465 e. The summed E-state index contributed by atoms with van der Waals surface area (Å²) in [5, 5.41) is 30.1. The van der Waals surface area contributed by atoms with Crippen LogP contribution in [0.1, 0.15) is 29.1 Å². The van der Waals surface area contributed by atoms with Crippen molar-refractivity contribution in [2.45, 2.75) is 12.4 Å². The molecule has 0 bridgehead atoms. The van der Waals surface area contributed by atoms with Crippen LogP contribution in [0.2, 0.25) is 5.02 Å². The monoisotopic (exact) mass is 351 g/mol. The maximum Gasteiger partial charge on any atom is 0.404 e. The van der Waals surface area contributed by atoms with E-state index in [-0.39, 0.29) is 13.2 Å². The molecule has 0 aromatic heterocycles. The Bertz CT molecular complexity index is 692. The van der Waals surface area contributed by atoms with Crippen LogP contribution in [-0.2, 0) is 4.74 Å². The molecule has 0 aliphatic carbocycles. The van der Waals surface area contributed by atoms with Crippen LogP contribution in [0.15, 0.2) is 48.5 Å². The Kier molecular flexibility index (Phi) is 6.57. The minimum Gasteiger partial charge on any atom is -0.465 e. The van der Waals surface area contributed by atoms with E-state index in [4.69, 9.17) is 21.4 Å². The van der Waals surface area contributed by atoms with Crippen molar-refractivity contribution in [2.24, 2.45) is 0 Å². The van der Waals surface area contributed by atoms with Gasteiger partial charge in [0.05, 0.1) is 6.61 Å². The smallest absolute Gasteiger partial charge is 0.404 e. The Morgan fingerprint density at radius 2 is 1.71 bits per heavy atom. The lowest BCUT2D eigenvalue weighted by atomic mass is 9.99. The molecule has 0 spiro atoms. The number of benzene rings is 2. The van der Waals surface area contributed by atoms with Crippen LogP contribution in [0.3, 0.4) is 0 Å². The third kappa shape index (κ3) is 5.21. The number of carbonyl (C=O) groups is 1. The predicted octanol–water partition coefficient (Wildman–Crippen LogP) is 2.70. The molecule has 0 saturated carbocycles. The van der Waals surface area contributed by atoms with Crippen LogP contribution in [-0.4, -0.2) is 34.6 Å². The standard InChI is InChI=1S/C17H18ClNO5/c18-14-6-2-4-12(10-14)15(24-8-7-19-17(22)23)11-3-1-5-13(9-11)16(20)21/h1-6,9-10,15-16,19-21H,7-8H2,(H,22,23)/t15-/m1/s1. The van der Waals surface area contributed by atoms with Crippen molar-refractivity contribution in [2.75, 3.05) is 13.2 Å². The van der Waals surface area contributed by atoms with Gasteiger partial charge in [-0.3, -0.25) is 0 Å². The van der Waals surface area contributed by atoms with E-state index in [1.165, 1.54) is 0 Å². The fourth-order valence-corrected chi connectivity index (χ4v) is 2.47. The number of ether oxygens (including phenoxy) is 1. The summed E-state index contributed by atoms with van der Waals surface area (Å²) in [7, 11) is 0. The highest BCUT2D eigenvalue weighted by Crippen LogP contribution is 2.29. The number of carboxylic acid groups (broad SMARTS) is 1. The average Bonchev–Trinajstić information content (AvgIpc) is 2.54. The van der Waals surface area contributed by atoms with Gasteiger partial charge in [0.15, 0.2) is 6.29 Å². The molecule has 24 heavy (non-hydrogen) atoms. The number of hydrogen-bond donors (Lipinski definition) is 4. The summed E-state index contributed by atoms with van der Waals surface area (Å²) >= 11 is 6.04. The van der Waals surface area contributed by atoms with Crippen molar-refractivity contribution in [1.82, 2.24) is 5.32 Å². The van der Waals surface area contributed by atoms with Gasteiger partial charge in [-0.2, -0.15) is 0 Å². The number of aliphatic hydroxyl groups is 2. The minimum absolute atomic E-state index is 0.134. The number of nitrogens with one attached hydrogen (secondary N) is 1. The van der Waals surface area contributed by atoms with Gasteiger partial charge in [0.25, 0.3) is 0 Å². The first kappa shape index (κ1) is 18.2. The van der Waals surface area contributed by atoms with Gasteiger partial charge in [0.2, 0.25) is 0 Å². The third-order valence-electron chi connectivity index (χ3n) is 3.33. The molecule has 0 fully saturated rings. The Hall–Kier alpha value is -2.12. The van der Waals surface area contributed by atoms with Crippen molar-refractivity contribution in [1.29, 1.82) is 0 Å². The predicted molar refractivity (Wildman–Crippen MR) is 88.9 cm³/mol. The summed E-state index contributed by atoms with van der Waals surface area (Å²) < 4.78 is 5.81. The molecule has 4 N–H and O–H groups in total. The zero-order valence-electron chi connectivity index (χ0n) is 12.7. The fourth-order valence-electron chi connectivity index (χ4n) is 2.27. The van der Waals surface area contributed by atoms with E-state index in [0.29, 0.717) is 16.1 Å². The number of hydrogen-bond acceptors (Lipinski definition) is 4. The molecule has 6 nitrogen and oxygen atoms in total. The molecule has 1 atom stereocenters. The van der Waals surface area contributed by atoms with Crippen LogP contribution < -0.4 is 5.32 Å². The van der Waals surface area contributed by atoms with Crippen molar-refractivity contribution in [3.8, 4) is 0 Å². The number of rotatable bonds is 7. The normalized spacial score (nSPS) is 12.2. The van der Waals surface area contributed by atoms with E-state index in [9.17, 15) is 15.0 Å². The van der Waals surface area contributed by atoms with Crippen molar-refractivity contribution in [3.05, 3.63) is 70.2 Å². The summed E-state index contributed by atoms with van der Waals surface area (Å²) in [5.74, 6) is 0. The molecule has 1 amide bonds. The van der Waals surface area contributed by atoms with Crippen LogP contribution >= 0.6 is 11.6 Å². The Labute approximate surface area is 144 Å². The molecular weight excluding hydrogens is 334 g/mol. The van der Waals surface area contributed by atoms with E-state index in [2.05, 4.69) is 5.32 Å². The van der Waals surface area contributed by atoms with Crippen LogP contribution in [0.25, 0.3) is 0 Å². The molecule has 0 radical (unpaired) electrons. The van der Waals surface area contributed by atoms with Crippen molar-refractivity contribution in [3.63, 3.8) is 0 Å². The summed E-state index contributed by atoms with van der Waals surface area (Å²) in [6.45, 7) is 0.282. The van der Waals surface area contributed by atoms with Crippen LogP contribution in [0.5, 0.6) is 0 Å². The van der Waals surface area contributed by atoms with Gasteiger partial charge in [-0.25, -0.2) is 4.79 Å². The highest BCUT2D eigenvalue weighted by Gasteiger charge is 2.17. The average molecular weight is 352 g/mol. The van der Waals surface area contributed by atoms with Crippen LogP contribution in [0, 0.1) is 0 Å². The third-order valence-corrected chi connectivity index (χ3v) is 3.56. The van der Waals surface area contributed by atoms with E-state index in [1.54, 1.807) is 42.5 Å². The molecule has 128 valence electrons. The lowest BCUT2D eigenvalue weighted by Crippen LogP contribution is -2.26. The number of aliphatic hydroxyl groups excluding tert-OH is 1. The zero-order valence-corrected chi connectivity index (χ0v) is 13.5. The quantitative estimate of drug-likeness (QED) is 0.454. The molecule has 2 rings (SSSR count). The van der Waals surface area contributed by atoms with E-state index < -0.39 is 18.5 Å². The molecule has 2 aromatic carbocycles. The van der Waals surface area contributed by atoms with Gasteiger partial charge in [0, 0.05) is 17.1 Å². The van der Waals surface area contributed by atoms with Gasteiger partial charge < -0.3 is 25.4 Å². The van der Waals surface area contributed by atoms with Gasteiger partial charge in [0.1, 0.15) is 6.10 Å². The zero-order chi connectivity index (χ0) is 17.5. The van der Waals surface area contributed by atoms with Crippen LogP contribution in [0.4, 0.5) is 4.79 Å². The Morgan fingerprint density at radius 1 is 1.08 bits per heavy atom. The molecular formula is C17H18ClNO5. The molecule has 0 saturated heterocycles. The number of amides is 1. The van der Waals surface area contributed by atoms with Gasteiger partial charge in [-0.05, 0) is 29.3 Å². The second-order valence-corrected chi connectivity index (χ2v) is 5.52. The Morgan fingerprint density at radius 3 is 2.33 bits per heavy atom. The summed E-state index contributed by atoms with van der Waals surface area (Å²) in [6, 6.07) is 13.8. The van der Waals surface area contributed by atoms with E-state index >= 15 is 0 Å². The first-order valence-corrected chi connectivity index (χ1v) is 7.65. The fraction of sp³-hybridized carbons (Fsp3) is 0.235. The molecule has 0 heterocycles. The second kappa shape index (κ2) is 8.65. The summed E-state index contributed by atoms with van der Waals surface area (Å²) in [4.78, 5) is 10.5. The minimum atomic E-state index is -1.58. The van der Waals surface area contributed by atoms with E-state index in [0.717, 1.165) is 5.56 Å². The molecule has 7 heteroatoms. The van der Waals surface area contributed by atoms with Gasteiger partial charge >= 0.3 is 6.09 Å². The van der Waals surface area contributed by atoms with Crippen molar-refractivity contribution < 1.29 is 24.9 Å². The highest BCUT2D eigenvalue weighted by molar-refractivity contribution is 6.30. The lowest BCUT2D eigenvalue weighted by Gasteiger charge is -2.20. The maximum atomic E-state index is 10.5. The lowest BCUT2D eigenvalue weighted by molar-refractivity contribution is -0.0426. The molecule has 0 unspecified atom stereocenters. The first-order valence-electron chi connectivity index (χ1n) is 7.27. The number of halogens is 1. The summed E-state index contributed by atoms with van der Waals surface area (Å²) in [5.41, 5.74) is 1.83. The Balaban J connectivity index is 2.25. The topological polar surface area (TPSA) is 99.0 Å². The molecule has 0 aliphatic rings. The molecule has 2 aromatic rings. The van der Waals surface area contributed by atoms with Gasteiger partial charge in [-0.1, -0.05) is 41.9 Å². The second-order valence-electron chi connectivity index (χ2n) is 5.08. The summed E-state index contributed by atoms with van der Waals surface area (Å²) in [6.07, 6.45) is -3.22. The van der Waals surface area contributed by atoms with Gasteiger partial charge in [-0.15, -0.1) is 0 Å².